The van der Waals surface area contributed by atoms with E-state index in [9.17, 15) is 27.6 Å². The van der Waals surface area contributed by atoms with Crippen molar-refractivity contribution >= 4 is 17.4 Å². The largest absolute Gasteiger partial charge is 0.464 e. The fraction of sp³-hybridized carbons (Fsp3) is 0.393. The van der Waals surface area contributed by atoms with E-state index in [0.29, 0.717) is 6.42 Å². The molecule has 4 rings (SSSR count). The van der Waals surface area contributed by atoms with Gasteiger partial charge in [0.15, 0.2) is 28.9 Å². The van der Waals surface area contributed by atoms with Crippen molar-refractivity contribution in [2.45, 2.75) is 32.7 Å². The van der Waals surface area contributed by atoms with Crippen LogP contribution in [0.1, 0.15) is 47.0 Å². The monoisotopic (exact) mass is 544 g/mol. The maximum absolute atomic E-state index is 13.9. The quantitative estimate of drug-likeness (QED) is 0.178. The van der Waals surface area contributed by atoms with Crippen molar-refractivity contribution in [1.82, 2.24) is 14.5 Å². The van der Waals surface area contributed by atoms with E-state index in [1.807, 2.05) is 24.3 Å². The number of aromatic nitrogens is 2. The van der Waals surface area contributed by atoms with Gasteiger partial charge < -0.3 is 9.64 Å². The number of esters is 1. The van der Waals surface area contributed by atoms with Crippen molar-refractivity contribution in [3.63, 3.8) is 0 Å². The van der Waals surface area contributed by atoms with Gasteiger partial charge in [-0.1, -0.05) is 18.6 Å². The maximum atomic E-state index is 13.9. The van der Waals surface area contributed by atoms with Crippen molar-refractivity contribution in [3.05, 3.63) is 75.6 Å². The van der Waals surface area contributed by atoms with Gasteiger partial charge in [0.2, 0.25) is 0 Å². The number of nitrogens with one attached hydrogen (secondary N) is 1. The van der Waals surface area contributed by atoms with Gasteiger partial charge in [-0.3, -0.25) is 19.2 Å². The number of nitrogens with zero attached hydrogens (tertiary/aromatic N) is 3. The number of piperazine rings is 1. The molecule has 1 N–H and O–H groups in total. The highest BCUT2D eigenvalue weighted by Gasteiger charge is 2.24. The first-order valence-electron chi connectivity index (χ1n) is 12.8. The zero-order valence-electron chi connectivity index (χ0n) is 21.9. The van der Waals surface area contributed by atoms with E-state index in [2.05, 4.69) is 14.8 Å². The summed E-state index contributed by atoms with van der Waals surface area (Å²) in [6.45, 7) is 5.97. The highest BCUT2D eigenvalue weighted by atomic mass is 19.2. The normalized spacial score (nSPS) is 14.0. The van der Waals surface area contributed by atoms with Crippen LogP contribution in [0, 0.1) is 17.5 Å². The van der Waals surface area contributed by atoms with Crippen LogP contribution >= 0.6 is 0 Å². The number of aromatic amines is 1. The molecule has 8 nitrogen and oxygen atoms in total. The summed E-state index contributed by atoms with van der Waals surface area (Å²) in [6.07, 6.45) is 2.20. The molecule has 208 valence electrons. The molecule has 1 aliphatic heterocycles. The second-order valence-electron chi connectivity index (χ2n) is 9.51. The lowest BCUT2D eigenvalue weighted by Crippen LogP contribution is -2.47. The number of methoxy groups -OCH3 is 1. The number of ketones is 1. The molecule has 3 aromatic rings. The van der Waals surface area contributed by atoms with Gasteiger partial charge in [-0.15, -0.1) is 0 Å². The van der Waals surface area contributed by atoms with Gasteiger partial charge in [0.05, 0.1) is 12.8 Å². The van der Waals surface area contributed by atoms with Gasteiger partial charge >= 0.3 is 11.7 Å². The van der Waals surface area contributed by atoms with Crippen molar-refractivity contribution in [3.8, 4) is 11.3 Å². The second kappa shape index (κ2) is 12.3. The molecule has 1 aliphatic rings. The smallest absolute Gasteiger partial charge is 0.356 e. The average Bonchev–Trinajstić information content (AvgIpc) is 3.27. The van der Waals surface area contributed by atoms with Crippen LogP contribution in [0.5, 0.6) is 0 Å². The third kappa shape index (κ3) is 6.25. The van der Waals surface area contributed by atoms with Gasteiger partial charge in [-0.25, -0.2) is 22.8 Å². The minimum atomic E-state index is -1.63. The SMILES string of the molecule is COC(=O)c1[nH]c(=O)n(CCCCCN2CCN(c3ccccc3C(C)=O)CC2)c1-c1cc(F)c(F)c(F)c1. The number of imidazole rings is 1. The number of rotatable bonds is 10. The van der Waals surface area contributed by atoms with Crippen LogP contribution in [0.3, 0.4) is 0 Å². The third-order valence-electron chi connectivity index (χ3n) is 6.98. The van der Waals surface area contributed by atoms with E-state index in [-0.39, 0.29) is 29.3 Å². The number of carbonyl (C=O) groups excluding carboxylic acids is 2. The molecule has 39 heavy (non-hydrogen) atoms. The highest BCUT2D eigenvalue weighted by Crippen LogP contribution is 2.27. The Hall–Kier alpha value is -3.86. The van der Waals surface area contributed by atoms with Gasteiger partial charge in [0.1, 0.15) is 0 Å². The minimum Gasteiger partial charge on any atom is -0.464 e. The van der Waals surface area contributed by atoms with Crippen molar-refractivity contribution in [2.75, 3.05) is 44.7 Å². The minimum absolute atomic E-state index is 0.0473. The standard InChI is InChI=1S/C28H31F3N4O4/c1-18(36)20-8-4-5-9-23(20)34-14-12-33(13-15-34)10-6-3-7-11-35-26(25(27(37)39-2)32-28(35)38)19-16-21(29)24(31)22(30)17-19/h4-5,8-9,16-17H,3,6-7,10-15H2,1-2H3,(H,32,38). The van der Waals surface area contributed by atoms with Crippen LogP contribution in [0.25, 0.3) is 11.3 Å². The van der Waals surface area contributed by atoms with Crippen LogP contribution in [0.2, 0.25) is 0 Å². The number of halogens is 3. The Morgan fingerprint density at radius 3 is 2.23 bits per heavy atom. The van der Waals surface area contributed by atoms with E-state index in [0.717, 1.165) is 76.1 Å². The summed E-state index contributed by atoms with van der Waals surface area (Å²) in [5, 5.41) is 0. The Bertz CT molecular complexity index is 1390. The zero-order valence-corrected chi connectivity index (χ0v) is 21.9. The number of anilines is 1. The van der Waals surface area contributed by atoms with E-state index < -0.39 is 29.1 Å². The lowest BCUT2D eigenvalue weighted by molar-refractivity contribution is 0.0595. The number of hydrogen-bond acceptors (Lipinski definition) is 6. The topological polar surface area (TPSA) is 87.6 Å². The van der Waals surface area contributed by atoms with Crippen molar-refractivity contribution in [1.29, 1.82) is 0 Å². The predicted octanol–water partition coefficient (Wildman–Crippen LogP) is 4.24. The lowest BCUT2D eigenvalue weighted by Gasteiger charge is -2.36. The van der Waals surface area contributed by atoms with E-state index in [1.165, 1.54) is 4.57 Å². The lowest BCUT2D eigenvalue weighted by atomic mass is 10.1. The Morgan fingerprint density at radius 1 is 0.949 bits per heavy atom. The summed E-state index contributed by atoms with van der Waals surface area (Å²) in [7, 11) is 1.12. The molecule has 1 aromatic heterocycles. The van der Waals surface area contributed by atoms with Crippen LogP contribution in [0.15, 0.2) is 41.2 Å². The number of unbranched alkanes of at least 4 members (excludes halogenated alkanes) is 2. The molecule has 2 aromatic carbocycles. The zero-order chi connectivity index (χ0) is 28.1. The molecule has 0 atom stereocenters. The summed E-state index contributed by atoms with van der Waals surface area (Å²) >= 11 is 0. The molecular weight excluding hydrogens is 513 g/mol. The number of H-pyrrole nitrogens is 1. The number of hydrogen-bond donors (Lipinski definition) is 1. The fourth-order valence-electron chi connectivity index (χ4n) is 4.97. The summed E-state index contributed by atoms with van der Waals surface area (Å²) in [4.78, 5) is 43.8. The maximum Gasteiger partial charge on any atom is 0.356 e. The van der Waals surface area contributed by atoms with E-state index >= 15 is 0 Å². The van der Waals surface area contributed by atoms with Gasteiger partial charge in [0.25, 0.3) is 0 Å². The number of carbonyl (C=O) groups is 2. The predicted molar refractivity (Wildman–Crippen MR) is 141 cm³/mol. The Labute approximate surface area is 224 Å². The summed E-state index contributed by atoms with van der Waals surface area (Å²) in [5.41, 5.74) is 0.618. The average molecular weight is 545 g/mol. The van der Waals surface area contributed by atoms with Crippen molar-refractivity contribution in [2.24, 2.45) is 0 Å². The van der Waals surface area contributed by atoms with Gasteiger partial charge in [-0.05, 0) is 50.6 Å². The highest BCUT2D eigenvalue weighted by molar-refractivity contribution is 5.99. The van der Waals surface area contributed by atoms with E-state index in [4.69, 9.17) is 4.74 Å². The van der Waals surface area contributed by atoms with Crippen molar-refractivity contribution < 1.29 is 27.5 Å². The second-order valence-corrected chi connectivity index (χ2v) is 9.51. The van der Waals surface area contributed by atoms with Crippen LogP contribution in [-0.4, -0.2) is 66.0 Å². The molecule has 1 saturated heterocycles. The summed E-state index contributed by atoms with van der Waals surface area (Å²) < 4.78 is 47.3. The van der Waals surface area contributed by atoms with Crippen LogP contribution < -0.4 is 10.6 Å². The number of ether oxygens (including phenoxy) is 1. The molecule has 0 unspecified atom stereocenters. The Balaban J connectivity index is 1.34. The molecular formula is C28H31F3N4O4. The third-order valence-corrected chi connectivity index (χ3v) is 6.98. The number of benzene rings is 2. The van der Waals surface area contributed by atoms with Crippen LogP contribution in [0.4, 0.5) is 18.9 Å². The Morgan fingerprint density at radius 2 is 1.59 bits per heavy atom. The van der Waals surface area contributed by atoms with Gasteiger partial charge in [-0.2, -0.15) is 0 Å². The first kappa shape index (κ1) is 28.2. The molecule has 1 fully saturated rings. The fourth-order valence-corrected chi connectivity index (χ4v) is 4.97. The molecule has 0 radical (unpaired) electrons. The molecule has 0 amide bonds. The Kier molecular flexibility index (Phi) is 8.90. The summed E-state index contributed by atoms with van der Waals surface area (Å²) in [6, 6.07) is 9.13. The molecule has 0 spiro atoms. The molecule has 0 bridgehead atoms. The van der Waals surface area contributed by atoms with Crippen LogP contribution in [-0.2, 0) is 11.3 Å². The molecule has 0 saturated carbocycles. The first-order chi connectivity index (χ1) is 18.7. The molecule has 2 heterocycles. The molecule has 11 heteroatoms. The number of para-hydroxylation sites is 1. The van der Waals surface area contributed by atoms with Gasteiger partial charge in [0, 0.05) is 49.5 Å². The first-order valence-corrected chi connectivity index (χ1v) is 12.8. The summed E-state index contributed by atoms with van der Waals surface area (Å²) in [5.74, 6) is -5.31. The van der Waals surface area contributed by atoms with E-state index in [1.54, 1.807) is 6.92 Å². The number of Topliss-reactive ketones (excluding diaryl/α,β-unsaturated/α-hetero) is 1. The molecule has 0 aliphatic carbocycles.